The molecule has 3 nitrogen and oxygen atoms in total. The van der Waals surface area contributed by atoms with Gasteiger partial charge in [-0.05, 0) is 30.4 Å². The SMILES string of the molecule is c1ccc(C2CC(NCc3ccncn3)C2)cc1. The van der Waals surface area contributed by atoms with Crippen LogP contribution in [0.15, 0.2) is 48.9 Å². The number of hydrogen-bond acceptors (Lipinski definition) is 3. The molecule has 1 heterocycles. The number of hydrogen-bond donors (Lipinski definition) is 1. The highest BCUT2D eigenvalue weighted by Crippen LogP contribution is 2.36. The van der Waals surface area contributed by atoms with Gasteiger partial charge in [-0.15, -0.1) is 0 Å². The van der Waals surface area contributed by atoms with Crippen molar-refractivity contribution in [2.75, 3.05) is 0 Å². The lowest BCUT2D eigenvalue weighted by atomic mass is 9.76. The van der Waals surface area contributed by atoms with E-state index in [0.717, 1.165) is 18.2 Å². The molecule has 2 aromatic rings. The zero-order valence-corrected chi connectivity index (χ0v) is 10.3. The Morgan fingerprint density at radius 2 is 1.94 bits per heavy atom. The molecule has 18 heavy (non-hydrogen) atoms. The summed E-state index contributed by atoms with van der Waals surface area (Å²) < 4.78 is 0. The van der Waals surface area contributed by atoms with Gasteiger partial charge in [-0.2, -0.15) is 0 Å². The largest absolute Gasteiger partial charge is 0.308 e. The lowest BCUT2D eigenvalue weighted by Crippen LogP contribution is -2.39. The number of aromatic nitrogens is 2. The maximum atomic E-state index is 4.21. The summed E-state index contributed by atoms with van der Waals surface area (Å²) >= 11 is 0. The van der Waals surface area contributed by atoms with Crippen molar-refractivity contribution in [3.8, 4) is 0 Å². The molecule has 0 spiro atoms. The van der Waals surface area contributed by atoms with Crippen molar-refractivity contribution in [1.82, 2.24) is 15.3 Å². The predicted octanol–water partition coefficient (Wildman–Crippen LogP) is 2.51. The van der Waals surface area contributed by atoms with Crippen molar-refractivity contribution in [2.45, 2.75) is 31.3 Å². The summed E-state index contributed by atoms with van der Waals surface area (Å²) in [6.07, 6.45) is 5.85. The first-order chi connectivity index (χ1) is 8.92. The monoisotopic (exact) mass is 239 g/mol. The standard InChI is InChI=1S/C15H17N3/c1-2-4-12(5-3-1)13-8-15(9-13)17-10-14-6-7-16-11-18-14/h1-7,11,13,15,17H,8-10H2. The molecule has 1 saturated carbocycles. The molecule has 1 fully saturated rings. The van der Waals surface area contributed by atoms with E-state index in [-0.39, 0.29) is 0 Å². The fourth-order valence-electron chi connectivity index (χ4n) is 2.45. The predicted molar refractivity (Wildman–Crippen MR) is 71.1 cm³/mol. The third-order valence-corrected chi connectivity index (χ3v) is 3.62. The normalized spacial score (nSPS) is 22.4. The molecule has 1 aliphatic carbocycles. The zero-order chi connectivity index (χ0) is 12.2. The molecule has 0 unspecified atom stereocenters. The first kappa shape index (κ1) is 11.4. The van der Waals surface area contributed by atoms with Gasteiger partial charge in [0.1, 0.15) is 6.33 Å². The minimum Gasteiger partial charge on any atom is -0.308 e. The second-order valence-electron chi connectivity index (χ2n) is 4.86. The van der Waals surface area contributed by atoms with Gasteiger partial charge in [-0.3, -0.25) is 0 Å². The van der Waals surface area contributed by atoms with Crippen LogP contribution in [0.3, 0.4) is 0 Å². The van der Waals surface area contributed by atoms with Crippen LogP contribution < -0.4 is 5.32 Å². The first-order valence-corrected chi connectivity index (χ1v) is 6.45. The Hall–Kier alpha value is -1.74. The number of rotatable bonds is 4. The second-order valence-corrected chi connectivity index (χ2v) is 4.86. The highest BCUT2D eigenvalue weighted by molar-refractivity contribution is 5.22. The second kappa shape index (κ2) is 5.27. The smallest absolute Gasteiger partial charge is 0.115 e. The molecule has 0 saturated heterocycles. The van der Waals surface area contributed by atoms with E-state index >= 15 is 0 Å². The molecule has 92 valence electrons. The van der Waals surface area contributed by atoms with Crippen molar-refractivity contribution in [3.05, 3.63) is 60.2 Å². The van der Waals surface area contributed by atoms with Crippen molar-refractivity contribution < 1.29 is 0 Å². The lowest BCUT2D eigenvalue weighted by Gasteiger charge is -2.36. The van der Waals surface area contributed by atoms with Gasteiger partial charge in [0.25, 0.3) is 0 Å². The van der Waals surface area contributed by atoms with Gasteiger partial charge in [0.2, 0.25) is 0 Å². The number of nitrogens with one attached hydrogen (secondary N) is 1. The van der Waals surface area contributed by atoms with Crippen molar-refractivity contribution >= 4 is 0 Å². The quantitative estimate of drug-likeness (QED) is 0.891. The van der Waals surface area contributed by atoms with Crippen LogP contribution in [0.25, 0.3) is 0 Å². The Balaban J connectivity index is 1.46. The van der Waals surface area contributed by atoms with Gasteiger partial charge >= 0.3 is 0 Å². The van der Waals surface area contributed by atoms with Crippen LogP contribution in [-0.2, 0) is 6.54 Å². The fourth-order valence-corrected chi connectivity index (χ4v) is 2.45. The van der Waals surface area contributed by atoms with Gasteiger partial charge in [0, 0.05) is 18.8 Å². The summed E-state index contributed by atoms with van der Waals surface area (Å²) in [5.41, 5.74) is 2.53. The van der Waals surface area contributed by atoms with Crippen LogP contribution in [-0.4, -0.2) is 16.0 Å². The highest BCUT2D eigenvalue weighted by atomic mass is 15.0. The Morgan fingerprint density at radius 3 is 2.67 bits per heavy atom. The van der Waals surface area contributed by atoms with E-state index in [1.807, 2.05) is 6.07 Å². The Kier molecular flexibility index (Phi) is 3.33. The number of nitrogens with zero attached hydrogens (tertiary/aromatic N) is 2. The molecular formula is C15H17N3. The molecule has 0 bridgehead atoms. The third kappa shape index (κ3) is 2.57. The number of benzene rings is 1. The van der Waals surface area contributed by atoms with Gasteiger partial charge in [0.05, 0.1) is 5.69 Å². The van der Waals surface area contributed by atoms with Crippen LogP contribution >= 0.6 is 0 Å². The summed E-state index contributed by atoms with van der Waals surface area (Å²) in [5.74, 6) is 0.731. The van der Waals surface area contributed by atoms with Crippen LogP contribution in [0.2, 0.25) is 0 Å². The zero-order valence-electron chi connectivity index (χ0n) is 10.3. The van der Waals surface area contributed by atoms with E-state index in [1.165, 1.54) is 18.4 Å². The van der Waals surface area contributed by atoms with Crippen molar-refractivity contribution in [3.63, 3.8) is 0 Å². The Morgan fingerprint density at radius 1 is 1.11 bits per heavy atom. The topological polar surface area (TPSA) is 37.8 Å². The average Bonchev–Trinajstić information content (AvgIpc) is 2.39. The van der Waals surface area contributed by atoms with Crippen LogP contribution in [0.5, 0.6) is 0 Å². The first-order valence-electron chi connectivity index (χ1n) is 6.45. The Bertz CT molecular complexity index is 475. The molecule has 3 rings (SSSR count). The molecule has 0 amide bonds. The fraction of sp³-hybridized carbons (Fsp3) is 0.333. The van der Waals surface area contributed by atoms with Gasteiger partial charge in [-0.1, -0.05) is 30.3 Å². The minimum absolute atomic E-state index is 0.630. The van der Waals surface area contributed by atoms with Gasteiger partial charge in [0.15, 0.2) is 0 Å². The molecule has 0 aliphatic heterocycles. The highest BCUT2D eigenvalue weighted by Gasteiger charge is 2.29. The summed E-state index contributed by atoms with van der Waals surface area (Å²) in [6, 6.07) is 13.4. The van der Waals surface area contributed by atoms with Crippen molar-refractivity contribution in [2.24, 2.45) is 0 Å². The lowest BCUT2D eigenvalue weighted by molar-refractivity contribution is 0.288. The Labute approximate surface area is 107 Å². The van der Waals surface area contributed by atoms with E-state index in [2.05, 4.69) is 45.6 Å². The van der Waals surface area contributed by atoms with E-state index in [9.17, 15) is 0 Å². The van der Waals surface area contributed by atoms with Crippen LogP contribution in [0, 0.1) is 0 Å². The molecule has 1 aromatic carbocycles. The summed E-state index contributed by atoms with van der Waals surface area (Å²) in [7, 11) is 0. The molecule has 0 atom stereocenters. The maximum Gasteiger partial charge on any atom is 0.115 e. The summed E-state index contributed by atoms with van der Waals surface area (Å²) in [4.78, 5) is 8.13. The molecule has 1 N–H and O–H groups in total. The van der Waals surface area contributed by atoms with E-state index in [1.54, 1.807) is 12.5 Å². The van der Waals surface area contributed by atoms with E-state index < -0.39 is 0 Å². The maximum absolute atomic E-state index is 4.21. The average molecular weight is 239 g/mol. The van der Waals surface area contributed by atoms with Crippen LogP contribution in [0.1, 0.15) is 30.0 Å². The molecule has 0 radical (unpaired) electrons. The molecule has 1 aliphatic rings. The van der Waals surface area contributed by atoms with Crippen LogP contribution in [0.4, 0.5) is 0 Å². The molecular weight excluding hydrogens is 222 g/mol. The van der Waals surface area contributed by atoms with E-state index in [4.69, 9.17) is 0 Å². The molecule has 1 aromatic heterocycles. The minimum atomic E-state index is 0.630. The van der Waals surface area contributed by atoms with Gasteiger partial charge in [-0.25, -0.2) is 9.97 Å². The summed E-state index contributed by atoms with van der Waals surface area (Å²) in [6.45, 7) is 0.842. The third-order valence-electron chi connectivity index (χ3n) is 3.62. The van der Waals surface area contributed by atoms with Gasteiger partial charge < -0.3 is 5.32 Å². The van der Waals surface area contributed by atoms with E-state index in [0.29, 0.717) is 6.04 Å². The summed E-state index contributed by atoms with van der Waals surface area (Å²) in [5, 5.41) is 3.54. The molecule has 3 heteroatoms. The van der Waals surface area contributed by atoms with Crippen molar-refractivity contribution in [1.29, 1.82) is 0 Å².